The lowest BCUT2D eigenvalue weighted by molar-refractivity contribution is 0.326. The first-order valence-electron chi connectivity index (χ1n) is 6.87. The lowest BCUT2D eigenvalue weighted by atomic mass is 10.3. The number of rotatable bonds is 8. The van der Waals surface area contributed by atoms with Crippen molar-refractivity contribution in [2.75, 3.05) is 32.5 Å². The molecule has 1 unspecified atom stereocenters. The van der Waals surface area contributed by atoms with E-state index in [2.05, 4.69) is 21.9 Å². The molecule has 1 atom stereocenters. The van der Waals surface area contributed by atoms with Crippen molar-refractivity contribution in [1.82, 2.24) is 9.62 Å². The van der Waals surface area contributed by atoms with Crippen molar-refractivity contribution in [3.05, 3.63) is 24.3 Å². The predicted octanol–water partition coefficient (Wildman–Crippen LogP) is 1.74. The first-order valence-corrected chi connectivity index (χ1v) is 8.35. The smallest absolute Gasteiger partial charge is 0.240 e. The van der Waals surface area contributed by atoms with Crippen LogP contribution in [0.5, 0.6) is 0 Å². The molecule has 0 saturated heterocycles. The third-order valence-corrected chi connectivity index (χ3v) is 4.67. The molecule has 114 valence electrons. The molecular weight excluding hydrogens is 274 g/mol. The monoisotopic (exact) mass is 299 g/mol. The van der Waals surface area contributed by atoms with Crippen LogP contribution in [-0.4, -0.2) is 46.5 Å². The summed E-state index contributed by atoms with van der Waals surface area (Å²) in [5, 5.41) is 3.29. The quantitative estimate of drug-likeness (QED) is 0.767. The minimum absolute atomic E-state index is 0.303. The normalized spacial score (nSPS) is 13.4. The molecule has 0 heterocycles. The van der Waals surface area contributed by atoms with Gasteiger partial charge in [0.2, 0.25) is 10.0 Å². The molecule has 20 heavy (non-hydrogen) atoms. The van der Waals surface area contributed by atoms with Gasteiger partial charge in [-0.05, 0) is 51.7 Å². The average Bonchev–Trinajstić information content (AvgIpc) is 2.43. The maximum Gasteiger partial charge on any atom is 0.240 e. The molecule has 2 N–H and O–H groups in total. The molecule has 1 aromatic rings. The number of likely N-dealkylation sites (N-methyl/N-ethyl adjacent to an activating group) is 1. The summed E-state index contributed by atoms with van der Waals surface area (Å²) in [6.07, 6.45) is 0.779. The average molecular weight is 299 g/mol. The van der Waals surface area contributed by atoms with Crippen molar-refractivity contribution in [3.8, 4) is 0 Å². The molecule has 5 nitrogen and oxygen atoms in total. The van der Waals surface area contributed by atoms with E-state index in [1.165, 1.54) is 0 Å². The minimum Gasteiger partial charge on any atom is -0.383 e. The van der Waals surface area contributed by atoms with Crippen molar-refractivity contribution in [3.63, 3.8) is 0 Å². The fraction of sp³-hybridized carbons (Fsp3) is 0.571. The summed E-state index contributed by atoms with van der Waals surface area (Å²) in [6.45, 7) is 5.33. The molecule has 0 aliphatic carbocycles. The summed E-state index contributed by atoms with van der Waals surface area (Å²) >= 11 is 0. The molecule has 6 heteroatoms. The van der Waals surface area contributed by atoms with Crippen LogP contribution in [0.15, 0.2) is 29.2 Å². The maximum absolute atomic E-state index is 11.9. The van der Waals surface area contributed by atoms with Crippen LogP contribution in [0.3, 0.4) is 0 Å². The molecule has 1 rings (SSSR count). The third-order valence-electron chi connectivity index (χ3n) is 3.19. The maximum atomic E-state index is 11.9. The Balaban J connectivity index is 2.65. The summed E-state index contributed by atoms with van der Waals surface area (Å²) in [6, 6.07) is 7.25. The Morgan fingerprint density at radius 3 is 2.30 bits per heavy atom. The van der Waals surface area contributed by atoms with Crippen LogP contribution < -0.4 is 10.0 Å². The van der Waals surface area contributed by atoms with E-state index in [4.69, 9.17) is 0 Å². The number of hydrogen-bond acceptors (Lipinski definition) is 4. The second-order valence-electron chi connectivity index (χ2n) is 5.12. The Kier molecular flexibility index (Phi) is 6.45. The molecule has 0 aliphatic heterocycles. The van der Waals surface area contributed by atoms with Crippen LogP contribution in [0.1, 0.15) is 20.3 Å². The van der Waals surface area contributed by atoms with E-state index < -0.39 is 10.0 Å². The van der Waals surface area contributed by atoms with Crippen molar-refractivity contribution in [1.29, 1.82) is 0 Å². The molecule has 1 aromatic carbocycles. The summed E-state index contributed by atoms with van der Waals surface area (Å²) in [5.41, 5.74) is 0.924. The van der Waals surface area contributed by atoms with Crippen molar-refractivity contribution in [2.24, 2.45) is 0 Å². The molecule has 0 bridgehead atoms. The number of benzene rings is 1. The molecule has 0 amide bonds. The highest BCUT2D eigenvalue weighted by atomic mass is 32.2. The SMILES string of the molecule is CCCNS(=O)(=O)c1ccc(NCC(C)N(C)C)cc1. The molecule has 0 spiro atoms. The van der Waals surface area contributed by atoms with E-state index in [1.54, 1.807) is 24.3 Å². The number of anilines is 1. The Hall–Kier alpha value is -1.11. The van der Waals surface area contributed by atoms with E-state index in [0.717, 1.165) is 18.7 Å². The zero-order valence-electron chi connectivity index (χ0n) is 12.7. The van der Waals surface area contributed by atoms with E-state index in [0.29, 0.717) is 17.5 Å². The highest BCUT2D eigenvalue weighted by Gasteiger charge is 2.12. The van der Waals surface area contributed by atoms with Gasteiger partial charge >= 0.3 is 0 Å². The molecular formula is C14H25N3O2S. The van der Waals surface area contributed by atoms with Crippen LogP contribution in [-0.2, 0) is 10.0 Å². The van der Waals surface area contributed by atoms with Crippen LogP contribution in [0, 0.1) is 0 Å². The van der Waals surface area contributed by atoms with Gasteiger partial charge in [0, 0.05) is 24.8 Å². The van der Waals surface area contributed by atoms with Gasteiger partial charge in [-0.25, -0.2) is 13.1 Å². The van der Waals surface area contributed by atoms with Gasteiger partial charge in [-0.1, -0.05) is 6.92 Å². The molecule has 0 radical (unpaired) electrons. The zero-order valence-corrected chi connectivity index (χ0v) is 13.5. The first kappa shape index (κ1) is 16.9. The lowest BCUT2D eigenvalue weighted by Crippen LogP contribution is -2.31. The van der Waals surface area contributed by atoms with Gasteiger partial charge < -0.3 is 10.2 Å². The van der Waals surface area contributed by atoms with Gasteiger partial charge in [-0.2, -0.15) is 0 Å². The Bertz CT molecular complexity index is 498. The van der Waals surface area contributed by atoms with Crippen LogP contribution in [0.4, 0.5) is 5.69 Å². The van der Waals surface area contributed by atoms with Crippen molar-refractivity contribution < 1.29 is 8.42 Å². The van der Waals surface area contributed by atoms with Gasteiger partial charge in [0.1, 0.15) is 0 Å². The fourth-order valence-electron chi connectivity index (χ4n) is 1.52. The highest BCUT2D eigenvalue weighted by molar-refractivity contribution is 7.89. The number of sulfonamides is 1. The number of hydrogen-bond donors (Lipinski definition) is 2. The molecule has 0 aromatic heterocycles. The predicted molar refractivity (Wildman–Crippen MR) is 83.6 cm³/mol. The number of nitrogens with one attached hydrogen (secondary N) is 2. The second-order valence-corrected chi connectivity index (χ2v) is 6.88. The van der Waals surface area contributed by atoms with Gasteiger partial charge in [-0.15, -0.1) is 0 Å². The van der Waals surface area contributed by atoms with E-state index in [-0.39, 0.29) is 0 Å². The van der Waals surface area contributed by atoms with Gasteiger partial charge in [0.05, 0.1) is 4.90 Å². The Labute approximate surface area is 122 Å². The summed E-state index contributed by atoms with van der Waals surface area (Å²) in [5.74, 6) is 0. The summed E-state index contributed by atoms with van der Waals surface area (Å²) < 4.78 is 26.4. The van der Waals surface area contributed by atoms with Gasteiger partial charge in [0.15, 0.2) is 0 Å². The molecule has 0 aliphatic rings. The summed E-state index contributed by atoms with van der Waals surface area (Å²) in [4.78, 5) is 2.43. The molecule has 0 fully saturated rings. The van der Waals surface area contributed by atoms with E-state index in [9.17, 15) is 8.42 Å². The summed E-state index contributed by atoms with van der Waals surface area (Å²) in [7, 11) is 0.688. The second kappa shape index (κ2) is 7.61. The zero-order chi connectivity index (χ0) is 15.2. The topological polar surface area (TPSA) is 61.4 Å². The standard InChI is InChI=1S/C14H25N3O2S/c1-5-10-16-20(18,19)14-8-6-13(7-9-14)15-11-12(2)17(3)4/h6-9,12,15-16H,5,10-11H2,1-4H3. The van der Waals surface area contributed by atoms with Gasteiger partial charge in [-0.3, -0.25) is 0 Å². The van der Waals surface area contributed by atoms with Crippen molar-refractivity contribution >= 4 is 15.7 Å². The van der Waals surface area contributed by atoms with Crippen LogP contribution in [0.25, 0.3) is 0 Å². The molecule has 0 saturated carbocycles. The van der Waals surface area contributed by atoms with E-state index >= 15 is 0 Å². The van der Waals surface area contributed by atoms with Gasteiger partial charge in [0.25, 0.3) is 0 Å². The Morgan fingerprint density at radius 2 is 1.80 bits per heavy atom. The van der Waals surface area contributed by atoms with E-state index in [1.807, 2.05) is 21.0 Å². The third kappa shape index (κ3) is 5.11. The first-order chi connectivity index (χ1) is 9.36. The van der Waals surface area contributed by atoms with Crippen LogP contribution in [0.2, 0.25) is 0 Å². The fourth-order valence-corrected chi connectivity index (χ4v) is 2.65. The van der Waals surface area contributed by atoms with Crippen LogP contribution >= 0.6 is 0 Å². The van der Waals surface area contributed by atoms with Crippen molar-refractivity contribution in [2.45, 2.75) is 31.2 Å². The highest BCUT2D eigenvalue weighted by Crippen LogP contribution is 2.14. The lowest BCUT2D eigenvalue weighted by Gasteiger charge is -2.20. The number of nitrogens with zero attached hydrogens (tertiary/aromatic N) is 1. The minimum atomic E-state index is -3.37. The largest absolute Gasteiger partial charge is 0.383 e. The Morgan fingerprint density at radius 1 is 1.20 bits per heavy atom.